The molecule has 0 aromatic heterocycles. The van der Waals surface area contributed by atoms with Crippen molar-refractivity contribution >= 4 is 32.3 Å². The van der Waals surface area contributed by atoms with Gasteiger partial charge in [-0.3, -0.25) is 19.2 Å². The number of esters is 3. The first-order valence-corrected chi connectivity index (χ1v) is 14.1. The average Bonchev–Trinajstić information content (AvgIpc) is 2.82. The molecule has 1 rings (SSSR count). The molecule has 1 fully saturated rings. The molecule has 15 heteroatoms. The van der Waals surface area contributed by atoms with E-state index in [0.717, 1.165) is 6.92 Å². The largest absolute Gasteiger partial charge is 0.463 e. The summed E-state index contributed by atoms with van der Waals surface area (Å²) in [6, 6.07) is 1.17. The summed E-state index contributed by atoms with van der Waals surface area (Å²) in [5.41, 5.74) is 0. The van der Waals surface area contributed by atoms with E-state index in [1.165, 1.54) is 20.8 Å². The molecule has 1 amide bonds. The molecule has 1 saturated heterocycles. The van der Waals surface area contributed by atoms with Crippen LogP contribution in [0.1, 0.15) is 61.8 Å². The summed E-state index contributed by atoms with van der Waals surface area (Å²) in [5.74, 6) is -2.48. The van der Waals surface area contributed by atoms with Crippen LogP contribution in [-0.4, -0.2) is 97.6 Å². The molecule has 1 aliphatic heterocycles. The van der Waals surface area contributed by atoms with Crippen LogP contribution in [0.3, 0.4) is 0 Å². The van der Waals surface area contributed by atoms with Crippen LogP contribution in [0.25, 0.3) is 0 Å². The van der Waals surface area contributed by atoms with E-state index < -0.39 is 63.0 Å². The average molecular weight is 592 g/mol. The van der Waals surface area contributed by atoms with Crippen molar-refractivity contribution in [2.45, 2.75) is 105 Å². The topological polar surface area (TPSA) is 172 Å². The Kier molecular flexibility index (Phi) is 16.1. The molecule has 1 heterocycles. The lowest BCUT2D eigenvalue weighted by Crippen LogP contribution is -2.66. The van der Waals surface area contributed by atoms with Gasteiger partial charge in [0.25, 0.3) is 8.53 Å². The van der Waals surface area contributed by atoms with Crippen molar-refractivity contribution in [3.63, 3.8) is 0 Å². The van der Waals surface area contributed by atoms with Crippen molar-refractivity contribution in [1.82, 2.24) is 9.99 Å². The van der Waals surface area contributed by atoms with E-state index in [2.05, 4.69) is 9.99 Å². The molecule has 1 N–H and O–H groups in total. The third kappa shape index (κ3) is 12.4. The van der Waals surface area contributed by atoms with Gasteiger partial charge in [-0.15, -0.1) is 0 Å². The number of nitrogens with zero attached hydrogens (tertiary/aromatic N) is 2. The minimum atomic E-state index is -1.52. The minimum absolute atomic E-state index is 0.0312. The maximum atomic E-state index is 12.1. The van der Waals surface area contributed by atoms with E-state index in [4.69, 9.17) is 38.0 Å². The molecule has 0 radical (unpaired) electrons. The zero-order valence-electron chi connectivity index (χ0n) is 24.4. The van der Waals surface area contributed by atoms with E-state index in [9.17, 15) is 19.2 Å². The number of nitriles is 1. The molecule has 0 aliphatic carbocycles. The van der Waals surface area contributed by atoms with Crippen molar-refractivity contribution in [2.24, 2.45) is 0 Å². The standard InChI is InChI=1S/C25H42N3O11P/c1-15(2)28(16(3)4)40(35-11-9-10-26)36-13-12-33-25-22(27-17(5)29)24(38-20(8)32)23(37-19(7)31)21(39-25)14-34-18(6)30/h15-16,21-25H,9,11-14H2,1-8H3,(H,27,29)/t21-,22-,23+,24-,25-,40?/m1/s1. The number of rotatable bonds is 16. The monoisotopic (exact) mass is 591 g/mol. The Bertz CT molecular complexity index is 875. The third-order valence-electron chi connectivity index (χ3n) is 5.30. The molecule has 0 saturated carbocycles. The Morgan fingerprint density at radius 3 is 1.98 bits per heavy atom. The van der Waals surface area contributed by atoms with Gasteiger partial charge in [0.2, 0.25) is 5.91 Å². The maximum Gasteiger partial charge on any atom is 0.303 e. The second-order valence-electron chi connectivity index (χ2n) is 9.47. The van der Waals surface area contributed by atoms with Crippen LogP contribution in [0.5, 0.6) is 0 Å². The van der Waals surface area contributed by atoms with Crippen LogP contribution in [0, 0.1) is 11.3 Å². The van der Waals surface area contributed by atoms with Crippen LogP contribution in [0.4, 0.5) is 0 Å². The summed E-state index contributed by atoms with van der Waals surface area (Å²) in [4.78, 5) is 47.4. The number of hydrogen-bond donors (Lipinski definition) is 1. The summed E-state index contributed by atoms with van der Waals surface area (Å²) in [5, 5.41) is 11.5. The smallest absolute Gasteiger partial charge is 0.303 e. The molecule has 6 atom stereocenters. The van der Waals surface area contributed by atoms with Gasteiger partial charge in [0.1, 0.15) is 18.8 Å². The second-order valence-corrected chi connectivity index (χ2v) is 10.9. The second kappa shape index (κ2) is 18.1. The maximum absolute atomic E-state index is 12.1. The van der Waals surface area contributed by atoms with Crippen molar-refractivity contribution in [3.05, 3.63) is 0 Å². The van der Waals surface area contributed by atoms with Gasteiger partial charge < -0.3 is 38.0 Å². The van der Waals surface area contributed by atoms with Crippen molar-refractivity contribution in [1.29, 1.82) is 5.26 Å². The first kappa shape index (κ1) is 35.6. The Morgan fingerprint density at radius 2 is 1.48 bits per heavy atom. The Morgan fingerprint density at radius 1 is 0.900 bits per heavy atom. The molecular formula is C25H42N3O11P. The first-order chi connectivity index (χ1) is 18.8. The van der Waals surface area contributed by atoms with Gasteiger partial charge in [-0.2, -0.15) is 5.26 Å². The lowest BCUT2D eigenvalue weighted by Gasteiger charge is -2.45. The number of ether oxygens (including phenoxy) is 5. The van der Waals surface area contributed by atoms with E-state index in [1.54, 1.807) is 0 Å². The van der Waals surface area contributed by atoms with Gasteiger partial charge in [-0.1, -0.05) is 0 Å². The number of hydrogen-bond acceptors (Lipinski definition) is 13. The van der Waals surface area contributed by atoms with Crippen LogP contribution in [-0.2, 0) is 51.9 Å². The number of amides is 1. The molecule has 40 heavy (non-hydrogen) atoms. The van der Waals surface area contributed by atoms with Gasteiger partial charge >= 0.3 is 17.9 Å². The third-order valence-corrected chi connectivity index (χ3v) is 7.41. The SMILES string of the molecule is CC(=O)N[C@H]1[C@H](OCCOP(OCCC#N)N(C(C)C)C(C)C)O[C@H](COC(C)=O)[C@H](OC(C)=O)[C@@H]1OC(C)=O. The quantitative estimate of drug-likeness (QED) is 0.120. The van der Waals surface area contributed by atoms with Crippen molar-refractivity contribution < 1.29 is 51.9 Å². The Labute approximate surface area is 236 Å². The van der Waals surface area contributed by atoms with E-state index in [-0.39, 0.29) is 44.9 Å². The highest BCUT2D eigenvalue weighted by Crippen LogP contribution is 2.45. The van der Waals surface area contributed by atoms with Gasteiger partial charge in [0.05, 0.1) is 32.3 Å². The molecule has 14 nitrogen and oxygen atoms in total. The lowest BCUT2D eigenvalue weighted by atomic mass is 9.96. The van der Waals surface area contributed by atoms with Gasteiger partial charge in [0, 0.05) is 39.8 Å². The molecule has 1 aliphatic rings. The predicted octanol–water partition coefficient (Wildman–Crippen LogP) is 1.95. The van der Waals surface area contributed by atoms with Crippen molar-refractivity contribution in [3.8, 4) is 6.07 Å². The molecular weight excluding hydrogens is 549 g/mol. The zero-order chi connectivity index (χ0) is 30.4. The van der Waals surface area contributed by atoms with Crippen LogP contribution in [0.2, 0.25) is 0 Å². The molecule has 1 unspecified atom stereocenters. The summed E-state index contributed by atoms with van der Waals surface area (Å²) in [6.07, 6.45) is -4.48. The first-order valence-electron chi connectivity index (χ1n) is 13.0. The van der Waals surface area contributed by atoms with E-state index in [0.29, 0.717) is 0 Å². The molecule has 0 spiro atoms. The fourth-order valence-corrected chi connectivity index (χ4v) is 5.60. The van der Waals surface area contributed by atoms with Crippen LogP contribution < -0.4 is 5.32 Å². The summed E-state index contributed by atoms with van der Waals surface area (Å²) in [6.45, 7) is 12.7. The molecule has 0 aromatic carbocycles. The number of carbonyl (C=O) groups is 4. The molecule has 0 bridgehead atoms. The Balaban J connectivity index is 3.14. The van der Waals surface area contributed by atoms with Gasteiger partial charge in [-0.05, 0) is 27.7 Å². The van der Waals surface area contributed by atoms with E-state index in [1.807, 2.05) is 33.8 Å². The normalized spacial score (nSPS) is 23.4. The fraction of sp³-hybridized carbons (Fsp3) is 0.800. The minimum Gasteiger partial charge on any atom is -0.463 e. The molecule has 0 aromatic rings. The summed E-state index contributed by atoms with van der Waals surface area (Å²) >= 11 is 0. The number of nitrogens with one attached hydrogen (secondary N) is 1. The number of carbonyl (C=O) groups excluding carboxylic acids is 4. The van der Waals surface area contributed by atoms with Gasteiger partial charge in [-0.25, -0.2) is 4.67 Å². The van der Waals surface area contributed by atoms with Crippen molar-refractivity contribution in [2.75, 3.05) is 26.4 Å². The van der Waals surface area contributed by atoms with Crippen LogP contribution >= 0.6 is 8.53 Å². The lowest BCUT2D eigenvalue weighted by molar-refractivity contribution is -0.278. The van der Waals surface area contributed by atoms with Gasteiger partial charge in [0.15, 0.2) is 18.5 Å². The van der Waals surface area contributed by atoms with Crippen LogP contribution in [0.15, 0.2) is 0 Å². The van der Waals surface area contributed by atoms with E-state index >= 15 is 0 Å². The zero-order valence-corrected chi connectivity index (χ0v) is 25.3. The summed E-state index contributed by atoms with van der Waals surface area (Å²) < 4.78 is 41.8. The molecule has 228 valence electrons. The highest BCUT2D eigenvalue weighted by molar-refractivity contribution is 7.44. The highest BCUT2D eigenvalue weighted by Gasteiger charge is 2.51. The Hall–Kier alpha value is -2.40. The predicted molar refractivity (Wildman–Crippen MR) is 141 cm³/mol. The highest BCUT2D eigenvalue weighted by atomic mass is 31.2. The fourth-order valence-electron chi connectivity index (χ4n) is 4.03. The summed E-state index contributed by atoms with van der Waals surface area (Å²) in [7, 11) is -1.52.